The molecule has 1 unspecified atom stereocenters. The Morgan fingerprint density at radius 2 is 1.80 bits per heavy atom. The van der Waals surface area contributed by atoms with Crippen molar-refractivity contribution in [1.82, 2.24) is 10.2 Å². The number of hydrogen-bond donors (Lipinski definition) is 2. The second-order valence-corrected chi connectivity index (χ2v) is 5.56. The molecule has 2 N–H and O–H groups in total. The number of rotatable bonds is 9. The fourth-order valence-corrected chi connectivity index (χ4v) is 2.88. The predicted molar refractivity (Wildman–Crippen MR) is 85.9 cm³/mol. The van der Waals surface area contributed by atoms with Gasteiger partial charge in [-0.1, -0.05) is 44.2 Å². The van der Waals surface area contributed by atoms with Gasteiger partial charge in [0.05, 0.1) is 12.1 Å². The zero-order valence-electron chi connectivity index (χ0n) is 13.4. The van der Waals surface area contributed by atoms with Gasteiger partial charge in [0.15, 0.2) is 0 Å². The third-order valence-corrected chi connectivity index (χ3v) is 4.53. The van der Waals surface area contributed by atoms with Crippen molar-refractivity contribution >= 4 is 0 Å². The standard InChI is InChI=1S/C17H30N2O/c1-5-16(6-2)19(4)13-12-17(14-20,18-3)15-10-8-7-9-11-15/h7-11,16,18,20H,5-6,12-14H2,1-4H3. The summed E-state index contributed by atoms with van der Waals surface area (Å²) in [6.07, 6.45) is 3.24. The van der Waals surface area contributed by atoms with Crippen LogP contribution >= 0.6 is 0 Å². The lowest BCUT2D eigenvalue weighted by atomic mass is 9.87. The monoisotopic (exact) mass is 278 g/mol. The molecule has 0 saturated carbocycles. The number of nitrogens with zero attached hydrogens (tertiary/aromatic N) is 1. The van der Waals surface area contributed by atoms with E-state index >= 15 is 0 Å². The first-order chi connectivity index (χ1) is 9.63. The van der Waals surface area contributed by atoms with Gasteiger partial charge in [-0.25, -0.2) is 0 Å². The molecular weight excluding hydrogens is 248 g/mol. The van der Waals surface area contributed by atoms with E-state index in [0.717, 1.165) is 18.5 Å². The van der Waals surface area contributed by atoms with E-state index in [1.807, 2.05) is 25.2 Å². The van der Waals surface area contributed by atoms with Crippen molar-refractivity contribution < 1.29 is 5.11 Å². The van der Waals surface area contributed by atoms with Gasteiger partial charge in [0.25, 0.3) is 0 Å². The molecule has 0 radical (unpaired) electrons. The summed E-state index contributed by atoms with van der Waals surface area (Å²) in [7, 11) is 4.11. The predicted octanol–water partition coefficient (Wildman–Crippen LogP) is 2.60. The van der Waals surface area contributed by atoms with Gasteiger partial charge in [0.1, 0.15) is 0 Å². The largest absolute Gasteiger partial charge is 0.394 e. The van der Waals surface area contributed by atoms with Gasteiger partial charge in [-0.2, -0.15) is 0 Å². The summed E-state index contributed by atoms with van der Waals surface area (Å²) in [6, 6.07) is 10.9. The number of aliphatic hydroxyl groups excluding tert-OH is 1. The molecule has 3 heteroatoms. The van der Waals surface area contributed by atoms with Crippen LogP contribution in [0.4, 0.5) is 0 Å². The third kappa shape index (κ3) is 4.05. The average Bonchev–Trinajstić information content (AvgIpc) is 2.51. The van der Waals surface area contributed by atoms with Gasteiger partial charge in [-0.3, -0.25) is 0 Å². The summed E-state index contributed by atoms with van der Waals surface area (Å²) >= 11 is 0. The van der Waals surface area contributed by atoms with Crippen molar-refractivity contribution in [3.8, 4) is 0 Å². The van der Waals surface area contributed by atoms with Gasteiger partial charge in [0.2, 0.25) is 0 Å². The topological polar surface area (TPSA) is 35.5 Å². The molecule has 1 aromatic rings. The molecule has 0 spiro atoms. The summed E-state index contributed by atoms with van der Waals surface area (Å²) in [4.78, 5) is 2.41. The highest BCUT2D eigenvalue weighted by Crippen LogP contribution is 2.25. The molecule has 1 rings (SSSR count). The Kier molecular flexibility index (Phi) is 7.20. The van der Waals surface area contributed by atoms with Gasteiger partial charge in [-0.05, 0) is 38.9 Å². The zero-order valence-corrected chi connectivity index (χ0v) is 13.4. The molecule has 1 atom stereocenters. The minimum atomic E-state index is -0.346. The minimum Gasteiger partial charge on any atom is -0.394 e. The van der Waals surface area contributed by atoms with Crippen LogP contribution in [0.15, 0.2) is 30.3 Å². The Morgan fingerprint density at radius 3 is 2.25 bits per heavy atom. The number of aliphatic hydroxyl groups is 1. The number of likely N-dealkylation sites (N-methyl/N-ethyl adjacent to an activating group) is 1. The average molecular weight is 278 g/mol. The number of benzene rings is 1. The van der Waals surface area contributed by atoms with Crippen LogP contribution in [0.3, 0.4) is 0 Å². The maximum absolute atomic E-state index is 9.91. The SMILES string of the molecule is CCC(CC)N(C)CCC(CO)(NC)c1ccccc1. The molecule has 0 aliphatic rings. The smallest absolute Gasteiger partial charge is 0.0678 e. The quantitative estimate of drug-likeness (QED) is 0.729. The normalized spacial score (nSPS) is 14.8. The third-order valence-electron chi connectivity index (χ3n) is 4.53. The van der Waals surface area contributed by atoms with Crippen LogP contribution in [-0.4, -0.2) is 43.3 Å². The van der Waals surface area contributed by atoms with E-state index in [1.165, 1.54) is 12.8 Å². The molecule has 0 aliphatic heterocycles. The lowest BCUT2D eigenvalue weighted by molar-refractivity contribution is 0.131. The van der Waals surface area contributed by atoms with Crippen molar-refractivity contribution in [1.29, 1.82) is 0 Å². The van der Waals surface area contributed by atoms with Crippen molar-refractivity contribution in [3.05, 3.63) is 35.9 Å². The van der Waals surface area contributed by atoms with E-state index in [1.54, 1.807) is 0 Å². The maximum atomic E-state index is 9.91. The Bertz CT molecular complexity index is 359. The van der Waals surface area contributed by atoms with Crippen LogP contribution in [-0.2, 0) is 5.54 Å². The molecule has 1 aromatic carbocycles. The summed E-state index contributed by atoms with van der Waals surface area (Å²) in [5, 5.41) is 13.3. The maximum Gasteiger partial charge on any atom is 0.0678 e. The van der Waals surface area contributed by atoms with Crippen LogP contribution in [0, 0.1) is 0 Å². The highest BCUT2D eigenvalue weighted by Gasteiger charge is 2.30. The van der Waals surface area contributed by atoms with E-state index < -0.39 is 0 Å². The first-order valence-corrected chi connectivity index (χ1v) is 7.69. The molecule has 0 aromatic heterocycles. The second kappa shape index (κ2) is 8.40. The fraction of sp³-hybridized carbons (Fsp3) is 0.647. The number of hydrogen-bond acceptors (Lipinski definition) is 3. The Morgan fingerprint density at radius 1 is 1.20 bits per heavy atom. The summed E-state index contributed by atoms with van der Waals surface area (Å²) < 4.78 is 0. The van der Waals surface area contributed by atoms with Crippen LogP contribution in [0.2, 0.25) is 0 Å². The molecule has 0 aliphatic carbocycles. The molecule has 20 heavy (non-hydrogen) atoms. The summed E-state index contributed by atoms with van der Waals surface area (Å²) in [5.74, 6) is 0. The molecule has 114 valence electrons. The highest BCUT2D eigenvalue weighted by molar-refractivity contribution is 5.24. The molecule has 0 saturated heterocycles. The van der Waals surface area contributed by atoms with Crippen LogP contribution < -0.4 is 5.32 Å². The van der Waals surface area contributed by atoms with Crippen LogP contribution in [0.25, 0.3) is 0 Å². The number of nitrogens with one attached hydrogen (secondary N) is 1. The lowest BCUT2D eigenvalue weighted by Crippen LogP contribution is -2.46. The fourth-order valence-electron chi connectivity index (χ4n) is 2.88. The Hall–Kier alpha value is -0.900. The Labute approximate surface area is 124 Å². The van der Waals surface area contributed by atoms with Crippen LogP contribution in [0.5, 0.6) is 0 Å². The van der Waals surface area contributed by atoms with Crippen molar-refractivity contribution in [2.45, 2.75) is 44.7 Å². The van der Waals surface area contributed by atoms with Gasteiger partial charge in [0, 0.05) is 12.6 Å². The van der Waals surface area contributed by atoms with Gasteiger partial charge >= 0.3 is 0 Å². The van der Waals surface area contributed by atoms with E-state index in [2.05, 4.69) is 43.2 Å². The highest BCUT2D eigenvalue weighted by atomic mass is 16.3. The van der Waals surface area contributed by atoms with Crippen LogP contribution in [0.1, 0.15) is 38.7 Å². The van der Waals surface area contributed by atoms with Gasteiger partial charge < -0.3 is 15.3 Å². The molecule has 0 amide bonds. The van der Waals surface area contributed by atoms with E-state index in [0.29, 0.717) is 6.04 Å². The van der Waals surface area contributed by atoms with Crippen molar-refractivity contribution in [2.75, 3.05) is 27.2 Å². The zero-order chi connectivity index (χ0) is 15.0. The van der Waals surface area contributed by atoms with Crippen molar-refractivity contribution in [3.63, 3.8) is 0 Å². The summed E-state index contributed by atoms with van der Waals surface area (Å²) in [6.45, 7) is 5.56. The van der Waals surface area contributed by atoms with E-state index in [-0.39, 0.29) is 12.1 Å². The van der Waals surface area contributed by atoms with E-state index in [9.17, 15) is 5.11 Å². The molecule has 0 heterocycles. The first kappa shape index (κ1) is 17.2. The van der Waals surface area contributed by atoms with Gasteiger partial charge in [-0.15, -0.1) is 0 Å². The molecular formula is C17H30N2O. The van der Waals surface area contributed by atoms with Crippen molar-refractivity contribution in [2.24, 2.45) is 0 Å². The van der Waals surface area contributed by atoms with E-state index in [4.69, 9.17) is 0 Å². The molecule has 0 bridgehead atoms. The molecule has 3 nitrogen and oxygen atoms in total. The lowest BCUT2D eigenvalue weighted by Gasteiger charge is -2.35. The molecule has 0 fully saturated rings. The second-order valence-electron chi connectivity index (χ2n) is 5.56. The first-order valence-electron chi connectivity index (χ1n) is 7.69. The summed E-state index contributed by atoms with van der Waals surface area (Å²) in [5.41, 5.74) is 0.810. The minimum absolute atomic E-state index is 0.115. The Balaban J connectivity index is 2.78.